The van der Waals surface area contributed by atoms with Gasteiger partial charge in [0.25, 0.3) is 0 Å². The van der Waals surface area contributed by atoms with Gasteiger partial charge in [-0.15, -0.1) is 0 Å². The predicted molar refractivity (Wildman–Crippen MR) is 64.4 cm³/mol. The highest BCUT2D eigenvalue weighted by Gasteiger charge is 2.32. The van der Waals surface area contributed by atoms with Gasteiger partial charge in [-0.25, -0.2) is 9.59 Å². The Labute approximate surface area is 103 Å². The summed E-state index contributed by atoms with van der Waals surface area (Å²) in [4.78, 5) is 23.1. The average Bonchev–Trinajstić information content (AvgIpc) is 2.86. The van der Waals surface area contributed by atoms with Crippen LogP contribution < -0.4 is 0 Å². The summed E-state index contributed by atoms with van der Waals surface area (Å²) in [5, 5.41) is 0. The molecule has 0 unspecified atom stereocenters. The minimum absolute atomic E-state index is 0.385. The normalized spacial score (nSPS) is 15.1. The first-order valence-corrected chi connectivity index (χ1v) is 5.76. The molecule has 0 bridgehead atoms. The molecular weight excluding hydrogens is 228 g/mol. The van der Waals surface area contributed by atoms with E-state index in [4.69, 9.17) is 0 Å². The minimum Gasteiger partial charge on any atom is -0.386 e. The van der Waals surface area contributed by atoms with Crippen LogP contribution in [0.15, 0.2) is 36.4 Å². The summed E-state index contributed by atoms with van der Waals surface area (Å²) in [5.41, 5.74) is 5.28. The molecule has 0 saturated carbocycles. The van der Waals surface area contributed by atoms with Crippen molar-refractivity contribution in [1.29, 1.82) is 0 Å². The summed E-state index contributed by atoms with van der Waals surface area (Å²) in [5.74, 6) is -1.07. The first-order valence-electron chi connectivity index (χ1n) is 5.76. The molecule has 2 aliphatic rings. The minimum atomic E-state index is -0.540. The van der Waals surface area contributed by atoms with Gasteiger partial charge in [0.15, 0.2) is 0 Å². The molecule has 0 fully saturated rings. The summed E-state index contributed by atoms with van der Waals surface area (Å²) < 4.78 is 4.62. The van der Waals surface area contributed by atoms with Gasteiger partial charge in [0, 0.05) is 0 Å². The maximum atomic E-state index is 11.5. The quantitative estimate of drug-likeness (QED) is 0.445. The van der Waals surface area contributed by atoms with Crippen molar-refractivity contribution in [2.75, 3.05) is 0 Å². The van der Waals surface area contributed by atoms with E-state index in [1.807, 2.05) is 18.2 Å². The number of fused-ring (bicyclic) bond motifs is 4. The van der Waals surface area contributed by atoms with Crippen LogP contribution in [-0.4, -0.2) is 11.9 Å². The van der Waals surface area contributed by atoms with Crippen LogP contribution in [0, 0.1) is 0 Å². The van der Waals surface area contributed by atoms with E-state index >= 15 is 0 Å². The number of benzene rings is 2. The van der Waals surface area contributed by atoms with Crippen LogP contribution in [0.5, 0.6) is 0 Å². The Morgan fingerprint density at radius 1 is 0.778 bits per heavy atom. The van der Waals surface area contributed by atoms with Gasteiger partial charge < -0.3 is 4.74 Å². The van der Waals surface area contributed by atoms with E-state index < -0.39 is 11.9 Å². The number of ether oxygens (including phenoxy) is 1. The highest BCUT2D eigenvalue weighted by Crippen LogP contribution is 2.39. The van der Waals surface area contributed by atoms with E-state index in [1.54, 1.807) is 12.1 Å². The number of hydrogen-bond acceptors (Lipinski definition) is 3. The molecule has 2 aromatic carbocycles. The van der Waals surface area contributed by atoms with Crippen LogP contribution in [0.2, 0.25) is 0 Å². The lowest BCUT2D eigenvalue weighted by Gasteiger charge is -2.01. The van der Waals surface area contributed by atoms with Gasteiger partial charge >= 0.3 is 11.9 Å². The van der Waals surface area contributed by atoms with Crippen LogP contribution in [0.3, 0.4) is 0 Å². The monoisotopic (exact) mass is 236 g/mol. The van der Waals surface area contributed by atoms with Crippen molar-refractivity contribution in [2.24, 2.45) is 0 Å². The third-order valence-electron chi connectivity index (χ3n) is 3.56. The van der Waals surface area contributed by atoms with Gasteiger partial charge in [-0.3, -0.25) is 0 Å². The Balaban J connectivity index is 2.01. The van der Waals surface area contributed by atoms with Gasteiger partial charge in [-0.05, 0) is 40.8 Å². The maximum Gasteiger partial charge on any atom is 0.346 e. The molecule has 1 aliphatic heterocycles. The Morgan fingerprint density at radius 2 is 1.50 bits per heavy atom. The number of hydrogen-bond donors (Lipinski definition) is 0. The molecule has 1 heterocycles. The number of rotatable bonds is 0. The van der Waals surface area contributed by atoms with Gasteiger partial charge in [-0.2, -0.15) is 0 Å². The molecule has 3 nitrogen and oxygen atoms in total. The SMILES string of the molecule is O=C1OC(=O)c2cc3c(cc21)Cc1ccccc1-3. The molecule has 4 rings (SSSR count). The van der Waals surface area contributed by atoms with E-state index in [9.17, 15) is 9.59 Å². The van der Waals surface area contributed by atoms with Crippen LogP contribution in [-0.2, 0) is 11.2 Å². The van der Waals surface area contributed by atoms with Crippen LogP contribution in [0.4, 0.5) is 0 Å². The second-order valence-corrected chi connectivity index (χ2v) is 4.57. The van der Waals surface area contributed by atoms with Crippen molar-refractivity contribution in [3.8, 4) is 11.1 Å². The fourth-order valence-electron chi connectivity index (χ4n) is 2.72. The number of carbonyl (C=O) groups excluding carboxylic acids is 2. The fourth-order valence-corrected chi connectivity index (χ4v) is 2.72. The third-order valence-corrected chi connectivity index (χ3v) is 3.56. The average molecular weight is 236 g/mol. The molecule has 0 atom stereocenters. The van der Waals surface area contributed by atoms with Crippen molar-refractivity contribution < 1.29 is 14.3 Å². The lowest BCUT2D eigenvalue weighted by atomic mass is 9.99. The summed E-state index contributed by atoms with van der Waals surface area (Å²) in [7, 11) is 0. The van der Waals surface area contributed by atoms with E-state index in [2.05, 4.69) is 10.8 Å². The number of carbonyl (C=O) groups is 2. The van der Waals surface area contributed by atoms with Crippen molar-refractivity contribution in [2.45, 2.75) is 6.42 Å². The first kappa shape index (κ1) is 9.59. The molecule has 0 aromatic heterocycles. The van der Waals surface area contributed by atoms with Crippen LogP contribution in [0.25, 0.3) is 11.1 Å². The summed E-state index contributed by atoms with van der Waals surface area (Å²) in [6.45, 7) is 0. The Bertz CT molecular complexity index is 729. The molecule has 0 radical (unpaired) electrons. The molecule has 0 N–H and O–H groups in total. The zero-order valence-corrected chi connectivity index (χ0v) is 9.40. The standard InChI is InChI=1S/C15H8O3/c16-14-12-6-9-5-8-3-1-2-4-10(8)11(9)7-13(12)15(17)18-14/h1-4,6-7H,5H2. The molecule has 1 aliphatic carbocycles. The topological polar surface area (TPSA) is 43.4 Å². The second-order valence-electron chi connectivity index (χ2n) is 4.57. The van der Waals surface area contributed by atoms with Crippen molar-refractivity contribution in [1.82, 2.24) is 0 Å². The zero-order valence-electron chi connectivity index (χ0n) is 9.40. The molecular formula is C15H8O3. The van der Waals surface area contributed by atoms with Crippen LogP contribution >= 0.6 is 0 Å². The number of esters is 2. The Kier molecular flexibility index (Phi) is 1.64. The van der Waals surface area contributed by atoms with E-state index in [1.165, 1.54) is 5.56 Å². The van der Waals surface area contributed by atoms with E-state index in [0.717, 1.165) is 23.1 Å². The lowest BCUT2D eigenvalue weighted by molar-refractivity contribution is 0.0444. The lowest BCUT2D eigenvalue weighted by Crippen LogP contribution is -1.97. The largest absolute Gasteiger partial charge is 0.386 e. The zero-order chi connectivity index (χ0) is 12.3. The Morgan fingerprint density at radius 3 is 2.33 bits per heavy atom. The van der Waals surface area contributed by atoms with Crippen molar-refractivity contribution in [3.05, 3.63) is 58.7 Å². The molecule has 3 heteroatoms. The van der Waals surface area contributed by atoms with Crippen LogP contribution in [0.1, 0.15) is 31.8 Å². The fraction of sp³-hybridized carbons (Fsp3) is 0.0667. The molecule has 0 amide bonds. The van der Waals surface area contributed by atoms with Gasteiger partial charge in [0.05, 0.1) is 11.1 Å². The first-order chi connectivity index (χ1) is 8.74. The summed E-state index contributed by atoms with van der Waals surface area (Å²) >= 11 is 0. The van der Waals surface area contributed by atoms with E-state index in [0.29, 0.717) is 11.1 Å². The highest BCUT2D eigenvalue weighted by molar-refractivity contribution is 6.15. The van der Waals surface area contributed by atoms with Gasteiger partial charge in [0.2, 0.25) is 0 Å². The smallest absolute Gasteiger partial charge is 0.346 e. The molecule has 86 valence electrons. The van der Waals surface area contributed by atoms with E-state index in [-0.39, 0.29) is 0 Å². The Hall–Kier alpha value is -2.42. The van der Waals surface area contributed by atoms with Crippen molar-refractivity contribution in [3.63, 3.8) is 0 Å². The summed E-state index contributed by atoms with van der Waals surface area (Å²) in [6.07, 6.45) is 0.806. The molecule has 0 spiro atoms. The third kappa shape index (κ3) is 1.08. The van der Waals surface area contributed by atoms with Gasteiger partial charge in [0.1, 0.15) is 0 Å². The molecule has 2 aromatic rings. The van der Waals surface area contributed by atoms with Crippen molar-refractivity contribution >= 4 is 11.9 Å². The molecule has 18 heavy (non-hydrogen) atoms. The second kappa shape index (κ2) is 3.07. The molecule has 0 saturated heterocycles. The number of cyclic esters (lactones) is 2. The van der Waals surface area contributed by atoms with Gasteiger partial charge in [-0.1, -0.05) is 24.3 Å². The maximum absolute atomic E-state index is 11.5. The highest BCUT2D eigenvalue weighted by atomic mass is 16.6. The summed E-state index contributed by atoms with van der Waals surface area (Å²) in [6, 6.07) is 11.7. The predicted octanol–water partition coefficient (Wildman–Crippen LogP) is 2.57.